The first kappa shape index (κ1) is 60.7. The number of hydrogen-bond acceptors (Lipinski definition) is 16. The number of fused-ring (bicyclic) bond motifs is 4. The fourth-order valence-electron chi connectivity index (χ4n) is 10.3. The number of nitrogens with one attached hydrogen (secondary N) is 4. The van der Waals surface area contributed by atoms with Crippen LogP contribution in [0.4, 0.5) is 0 Å². The van der Waals surface area contributed by atoms with Gasteiger partial charge in [-0.25, -0.2) is 19.9 Å². The molecule has 0 unspecified atom stereocenters. The van der Waals surface area contributed by atoms with Crippen LogP contribution in [0.3, 0.4) is 0 Å². The number of ether oxygens (including phenoxy) is 6. The van der Waals surface area contributed by atoms with E-state index in [9.17, 15) is 0 Å². The number of aromatic amines is 4. The lowest BCUT2D eigenvalue weighted by Crippen LogP contribution is -2.15. The van der Waals surface area contributed by atoms with Crippen LogP contribution in [0, 0.1) is 0 Å². The second-order valence-electron chi connectivity index (χ2n) is 23.3. The Morgan fingerprint density at radius 1 is 0.375 bits per heavy atom. The maximum atomic E-state index is 6.69. The van der Waals surface area contributed by atoms with Crippen molar-refractivity contribution in [1.29, 1.82) is 0 Å². The Morgan fingerprint density at radius 2 is 0.727 bits per heavy atom. The SMILES string of the molecule is CN(C)CCCOc1ccc2nc(-c3ccc(-c4nc5ccc(OCCCN(C)C)cc5[nH]4)c(OCCCn4cc(CCOc5cc(-c6nc7ccc(OCCCN(C)C)cc7[nH]6)ccc5-c5nc6ccc(OCCCN(C)C)cc6[nH]5)nn4)c3)[nH]c2c1. The number of imidazole rings is 4. The summed E-state index contributed by atoms with van der Waals surface area (Å²) in [5.41, 5.74) is 11.0. The molecular formula is C67H81N15O6. The topological polar surface area (TPSA) is 214 Å². The molecule has 0 bridgehead atoms. The molecule has 21 heteroatoms. The monoisotopic (exact) mass is 1190 g/mol. The van der Waals surface area contributed by atoms with E-state index in [1.54, 1.807) is 0 Å². The predicted molar refractivity (Wildman–Crippen MR) is 347 cm³/mol. The van der Waals surface area contributed by atoms with Gasteiger partial charge < -0.3 is 68.0 Å². The van der Waals surface area contributed by atoms with E-state index >= 15 is 0 Å². The third kappa shape index (κ3) is 15.9. The Bertz CT molecular complexity index is 4060. The van der Waals surface area contributed by atoms with Gasteiger partial charge in [-0.05, 0) is 155 Å². The summed E-state index contributed by atoms with van der Waals surface area (Å²) in [4.78, 5) is 42.7. The number of aromatic nitrogens is 11. The van der Waals surface area contributed by atoms with Crippen LogP contribution >= 0.6 is 0 Å². The van der Waals surface area contributed by atoms with E-state index in [0.29, 0.717) is 88.0 Å². The quantitative estimate of drug-likeness (QED) is 0.0282. The van der Waals surface area contributed by atoms with Gasteiger partial charge in [0.05, 0.1) is 101 Å². The Hall–Kier alpha value is -9.02. The second kappa shape index (κ2) is 28.7. The van der Waals surface area contributed by atoms with Gasteiger partial charge in [0.2, 0.25) is 0 Å². The first-order valence-electron chi connectivity index (χ1n) is 30.4. The Kier molecular flexibility index (Phi) is 19.8. The van der Waals surface area contributed by atoms with Crippen molar-refractivity contribution in [3.63, 3.8) is 0 Å². The molecule has 0 aliphatic rings. The molecule has 0 amide bonds. The highest BCUT2D eigenvalue weighted by Gasteiger charge is 2.19. The van der Waals surface area contributed by atoms with Gasteiger partial charge in [0.15, 0.2) is 0 Å². The summed E-state index contributed by atoms with van der Waals surface area (Å²) in [5.74, 6) is 7.30. The molecule has 21 nitrogen and oxygen atoms in total. The van der Waals surface area contributed by atoms with Gasteiger partial charge in [0, 0.05) is 87.2 Å². The lowest BCUT2D eigenvalue weighted by molar-refractivity contribution is 0.282. The maximum absolute atomic E-state index is 6.69. The van der Waals surface area contributed by atoms with Gasteiger partial charge in [-0.15, -0.1) is 5.10 Å². The molecule has 5 aromatic heterocycles. The van der Waals surface area contributed by atoms with Crippen molar-refractivity contribution in [2.75, 3.05) is 122 Å². The zero-order valence-corrected chi connectivity index (χ0v) is 51.9. The minimum absolute atomic E-state index is 0.335. The lowest BCUT2D eigenvalue weighted by atomic mass is 10.1. The lowest BCUT2D eigenvalue weighted by Gasteiger charge is -2.12. The van der Waals surface area contributed by atoms with Gasteiger partial charge in [0.1, 0.15) is 57.8 Å². The smallest absolute Gasteiger partial charge is 0.142 e. The molecule has 11 aromatic rings. The molecule has 0 spiro atoms. The van der Waals surface area contributed by atoms with E-state index in [-0.39, 0.29) is 0 Å². The zero-order chi connectivity index (χ0) is 60.9. The number of benzene rings is 6. The van der Waals surface area contributed by atoms with E-state index in [1.165, 1.54) is 0 Å². The fourth-order valence-corrected chi connectivity index (χ4v) is 10.3. The molecular weight excluding hydrogens is 1110 g/mol. The standard InChI is InChI=1S/C67H81N15O6/c1-78(2)27-9-32-83-48-16-22-54-58(40-48)72-64(68-54)45-14-20-52(66-70-56-24-18-50(42-60(56)74-66)85-34-11-29-80(5)6)62(38-45)87-36-13-31-82-44-47(76-77-82)26-37-88-63-39-46(65-69-55-23-17-49(41-59(55)73-65)84-33-10-28-79(3)4)15-21-53(63)67-71-57-25-19-51(43-61(57)75-67)86-35-12-30-81(7)8/h14-25,38-44H,9-13,26-37H2,1-8H3,(H,68,72)(H,69,73)(H,70,74)(H,71,75). The van der Waals surface area contributed by atoms with Crippen molar-refractivity contribution >= 4 is 44.1 Å². The Labute approximate surface area is 513 Å². The maximum Gasteiger partial charge on any atom is 0.142 e. The first-order chi connectivity index (χ1) is 42.8. The van der Waals surface area contributed by atoms with E-state index in [0.717, 1.165) is 153 Å². The summed E-state index contributed by atoms with van der Waals surface area (Å²) >= 11 is 0. The second-order valence-corrected chi connectivity index (χ2v) is 23.3. The highest BCUT2D eigenvalue weighted by Crippen LogP contribution is 2.37. The normalized spacial score (nSPS) is 11.9. The summed E-state index contributed by atoms with van der Waals surface area (Å²) in [6.45, 7) is 7.65. The minimum atomic E-state index is 0.335. The number of H-pyrrole nitrogens is 4. The average Bonchev–Trinajstić information content (AvgIpc) is 3.22. The van der Waals surface area contributed by atoms with Crippen LogP contribution in [0.5, 0.6) is 34.5 Å². The Morgan fingerprint density at radius 3 is 1.11 bits per heavy atom. The molecule has 5 heterocycles. The first-order valence-corrected chi connectivity index (χ1v) is 30.4. The van der Waals surface area contributed by atoms with E-state index in [1.807, 2.05) is 120 Å². The predicted octanol–water partition coefficient (Wildman–Crippen LogP) is 10.9. The number of rotatable bonds is 33. The number of hydrogen-bond donors (Lipinski definition) is 4. The van der Waals surface area contributed by atoms with Crippen molar-refractivity contribution in [3.05, 3.63) is 121 Å². The van der Waals surface area contributed by atoms with Gasteiger partial charge in [-0.2, -0.15) is 0 Å². The van der Waals surface area contributed by atoms with Crippen molar-refractivity contribution < 1.29 is 28.4 Å². The summed E-state index contributed by atoms with van der Waals surface area (Å²) in [7, 11) is 16.5. The van der Waals surface area contributed by atoms with Crippen molar-refractivity contribution in [2.45, 2.75) is 45.1 Å². The van der Waals surface area contributed by atoms with Crippen molar-refractivity contribution in [2.24, 2.45) is 0 Å². The molecule has 460 valence electrons. The van der Waals surface area contributed by atoms with Crippen molar-refractivity contribution in [1.82, 2.24) is 74.5 Å². The van der Waals surface area contributed by atoms with Gasteiger partial charge in [0.25, 0.3) is 0 Å². The molecule has 0 aliphatic heterocycles. The van der Waals surface area contributed by atoms with Crippen LogP contribution in [0.15, 0.2) is 115 Å². The van der Waals surface area contributed by atoms with Crippen LogP contribution in [0.2, 0.25) is 0 Å². The fraction of sp³-hybridized carbons (Fsp3) is 0.373. The molecule has 0 saturated carbocycles. The molecule has 88 heavy (non-hydrogen) atoms. The molecule has 11 rings (SSSR count). The zero-order valence-electron chi connectivity index (χ0n) is 51.9. The molecule has 4 N–H and O–H groups in total. The minimum Gasteiger partial charge on any atom is -0.493 e. The van der Waals surface area contributed by atoms with Crippen LogP contribution < -0.4 is 28.4 Å². The average molecular weight is 1190 g/mol. The summed E-state index contributed by atoms with van der Waals surface area (Å²) in [6, 6.07) is 36.0. The summed E-state index contributed by atoms with van der Waals surface area (Å²) in [6.07, 6.45) is 6.87. The molecule has 0 saturated heterocycles. The highest BCUT2D eigenvalue weighted by atomic mass is 16.5. The molecule has 0 aliphatic carbocycles. The molecule has 0 radical (unpaired) electrons. The van der Waals surface area contributed by atoms with E-state index in [2.05, 4.69) is 106 Å². The number of aryl methyl sites for hydroxylation is 1. The summed E-state index contributed by atoms with van der Waals surface area (Å²) < 4.78 is 39.6. The third-order valence-electron chi connectivity index (χ3n) is 14.9. The van der Waals surface area contributed by atoms with Gasteiger partial charge in [-0.3, -0.25) is 4.68 Å². The molecule has 0 atom stereocenters. The van der Waals surface area contributed by atoms with Crippen LogP contribution in [0.1, 0.15) is 37.8 Å². The van der Waals surface area contributed by atoms with Crippen molar-refractivity contribution in [3.8, 4) is 80.0 Å². The van der Waals surface area contributed by atoms with E-state index < -0.39 is 0 Å². The van der Waals surface area contributed by atoms with Crippen LogP contribution in [0.25, 0.3) is 89.7 Å². The highest BCUT2D eigenvalue weighted by molar-refractivity contribution is 5.86. The third-order valence-corrected chi connectivity index (χ3v) is 14.9. The summed E-state index contributed by atoms with van der Waals surface area (Å²) in [5, 5.41) is 9.07. The van der Waals surface area contributed by atoms with E-state index in [4.69, 9.17) is 48.4 Å². The van der Waals surface area contributed by atoms with Gasteiger partial charge in [-0.1, -0.05) is 17.3 Å². The number of nitrogens with zero attached hydrogens (tertiary/aromatic N) is 11. The molecule has 6 aromatic carbocycles. The Balaban J connectivity index is 0.775. The van der Waals surface area contributed by atoms with Crippen LogP contribution in [-0.2, 0) is 13.0 Å². The molecule has 0 fully saturated rings. The largest absolute Gasteiger partial charge is 0.493 e. The van der Waals surface area contributed by atoms with Crippen LogP contribution in [-0.4, -0.2) is 197 Å². The van der Waals surface area contributed by atoms with Gasteiger partial charge >= 0.3 is 0 Å².